The Morgan fingerprint density at radius 1 is 0.929 bits per heavy atom. The first kappa shape index (κ1) is 13.6. The second kappa shape index (κ2) is 10.6. The fourth-order valence-corrected chi connectivity index (χ4v) is 1.63. The topological polar surface area (TPSA) is 0 Å². The molecule has 0 fully saturated rings. The van der Waals surface area contributed by atoms with Crippen molar-refractivity contribution in [3.8, 4) is 11.8 Å². The summed E-state index contributed by atoms with van der Waals surface area (Å²) < 4.78 is 0. The summed E-state index contributed by atoms with van der Waals surface area (Å²) in [5.41, 5.74) is 0. The zero-order valence-electron chi connectivity index (χ0n) is 10.2. The molecule has 0 aromatic carbocycles. The number of hydrogen-bond donors (Lipinski definition) is 0. The quantitative estimate of drug-likeness (QED) is 0.404. The molecule has 0 amide bonds. The third-order valence-corrected chi connectivity index (χ3v) is 2.70. The van der Waals surface area contributed by atoms with E-state index < -0.39 is 0 Å². The van der Waals surface area contributed by atoms with Crippen LogP contribution < -0.4 is 0 Å². The van der Waals surface area contributed by atoms with Gasteiger partial charge in [0.1, 0.15) is 0 Å². The lowest BCUT2D eigenvalue weighted by molar-refractivity contribution is 0.476. The molecule has 0 nitrogen and oxygen atoms in total. The summed E-state index contributed by atoms with van der Waals surface area (Å²) in [7, 11) is 0. The zero-order chi connectivity index (χ0) is 10.6. The van der Waals surface area contributed by atoms with Crippen molar-refractivity contribution in [2.75, 3.05) is 0 Å². The standard InChI is InChI=1S/C14H26/c1-4-7-8-9-10-11-13-14(6-3)12-5-2/h14H,4-9,12-13H2,1-3H3. The summed E-state index contributed by atoms with van der Waals surface area (Å²) in [4.78, 5) is 0. The average Bonchev–Trinajstić information content (AvgIpc) is 2.21. The summed E-state index contributed by atoms with van der Waals surface area (Å²) in [6.45, 7) is 6.78. The molecule has 0 aromatic heterocycles. The molecule has 0 heterocycles. The molecule has 1 atom stereocenters. The molecule has 0 bridgehead atoms. The normalized spacial score (nSPS) is 11.9. The maximum absolute atomic E-state index is 3.33. The first-order valence-corrected chi connectivity index (χ1v) is 6.30. The molecule has 0 spiro atoms. The average molecular weight is 194 g/mol. The van der Waals surface area contributed by atoms with E-state index in [4.69, 9.17) is 0 Å². The highest BCUT2D eigenvalue weighted by Crippen LogP contribution is 2.13. The second-order valence-corrected chi connectivity index (χ2v) is 4.08. The van der Waals surface area contributed by atoms with Crippen molar-refractivity contribution in [1.82, 2.24) is 0 Å². The van der Waals surface area contributed by atoms with Crippen LogP contribution in [0.4, 0.5) is 0 Å². The minimum Gasteiger partial charge on any atom is -0.103 e. The predicted octanol–water partition coefficient (Wildman–Crippen LogP) is 4.79. The highest BCUT2D eigenvalue weighted by molar-refractivity contribution is 4.99. The van der Waals surface area contributed by atoms with Crippen LogP contribution in [0.2, 0.25) is 0 Å². The summed E-state index contributed by atoms with van der Waals surface area (Å²) in [6, 6.07) is 0. The fourth-order valence-electron chi connectivity index (χ4n) is 1.63. The van der Waals surface area contributed by atoms with Gasteiger partial charge >= 0.3 is 0 Å². The van der Waals surface area contributed by atoms with Gasteiger partial charge in [-0.15, -0.1) is 11.8 Å². The monoisotopic (exact) mass is 194 g/mol. The summed E-state index contributed by atoms with van der Waals surface area (Å²) in [5.74, 6) is 7.47. The third-order valence-electron chi connectivity index (χ3n) is 2.70. The number of unbranched alkanes of at least 4 members (excludes halogenated alkanes) is 3. The van der Waals surface area contributed by atoms with Gasteiger partial charge in [0.15, 0.2) is 0 Å². The van der Waals surface area contributed by atoms with E-state index in [0.29, 0.717) is 0 Å². The summed E-state index contributed by atoms with van der Waals surface area (Å²) in [6.07, 6.45) is 10.1. The van der Waals surface area contributed by atoms with Crippen LogP contribution in [0.5, 0.6) is 0 Å². The molecule has 0 aliphatic rings. The molecule has 0 rings (SSSR count). The molecule has 1 unspecified atom stereocenters. The first-order chi connectivity index (χ1) is 6.85. The first-order valence-electron chi connectivity index (χ1n) is 6.30. The number of rotatable bonds is 7. The van der Waals surface area contributed by atoms with Crippen molar-refractivity contribution in [2.24, 2.45) is 5.92 Å². The second-order valence-electron chi connectivity index (χ2n) is 4.08. The molecule has 0 saturated heterocycles. The largest absolute Gasteiger partial charge is 0.103 e. The van der Waals surface area contributed by atoms with Crippen molar-refractivity contribution in [3.63, 3.8) is 0 Å². The highest BCUT2D eigenvalue weighted by atomic mass is 14.1. The Bertz CT molecular complexity index is 159. The third kappa shape index (κ3) is 8.17. The van der Waals surface area contributed by atoms with Gasteiger partial charge in [0.2, 0.25) is 0 Å². The minimum atomic E-state index is 0.846. The smallest absolute Gasteiger partial charge is 0.0117 e. The Labute approximate surface area is 90.5 Å². The maximum atomic E-state index is 3.33. The van der Waals surface area contributed by atoms with E-state index in [-0.39, 0.29) is 0 Å². The van der Waals surface area contributed by atoms with Gasteiger partial charge in [-0.1, -0.05) is 46.5 Å². The molecule has 0 aromatic rings. The van der Waals surface area contributed by atoms with Gasteiger partial charge in [0.05, 0.1) is 0 Å². The van der Waals surface area contributed by atoms with Gasteiger partial charge in [0, 0.05) is 12.8 Å². The Morgan fingerprint density at radius 2 is 1.71 bits per heavy atom. The van der Waals surface area contributed by atoms with Gasteiger partial charge in [-0.2, -0.15) is 0 Å². The molecule has 82 valence electrons. The van der Waals surface area contributed by atoms with Crippen molar-refractivity contribution < 1.29 is 0 Å². The van der Waals surface area contributed by atoms with Crippen LogP contribution in [0.25, 0.3) is 0 Å². The van der Waals surface area contributed by atoms with Crippen LogP contribution in [-0.2, 0) is 0 Å². The van der Waals surface area contributed by atoms with E-state index in [0.717, 1.165) is 18.8 Å². The van der Waals surface area contributed by atoms with Crippen LogP contribution in [-0.4, -0.2) is 0 Å². The SMILES string of the molecule is CCCCCC#CCC(CC)CCC. The lowest BCUT2D eigenvalue weighted by atomic mass is 9.97. The molecule has 0 saturated carbocycles. The van der Waals surface area contributed by atoms with E-state index >= 15 is 0 Å². The molecule has 0 heteroatoms. The lowest BCUT2D eigenvalue weighted by Gasteiger charge is -2.08. The van der Waals surface area contributed by atoms with Crippen LogP contribution >= 0.6 is 0 Å². The van der Waals surface area contributed by atoms with Gasteiger partial charge in [0.25, 0.3) is 0 Å². The van der Waals surface area contributed by atoms with E-state index in [1.807, 2.05) is 0 Å². The van der Waals surface area contributed by atoms with Gasteiger partial charge < -0.3 is 0 Å². The summed E-state index contributed by atoms with van der Waals surface area (Å²) >= 11 is 0. The Balaban J connectivity index is 3.45. The Hall–Kier alpha value is -0.440. The molecule has 0 radical (unpaired) electrons. The molecule has 14 heavy (non-hydrogen) atoms. The molecule has 0 N–H and O–H groups in total. The van der Waals surface area contributed by atoms with Gasteiger partial charge in [-0.25, -0.2) is 0 Å². The maximum Gasteiger partial charge on any atom is 0.0117 e. The van der Waals surface area contributed by atoms with Crippen molar-refractivity contribution in [3.05, 3.63) is 0 Å². The van der Waals surface area contributed by atoms with Crippen molar-refractivity contribution in [2.45, 2.75) is 72.1 Å². The Kier molecular flexibility index (Phi) is 10.3. The van der Waals surface area contributed by atoms with Gasteiger partial charge in [-0.3, -0.25) is 0 Å². The molecular weight excluding hydrogens is 168 g/mol. The van der Waals surface area contributed by atoms with Crippen molar-refractivity contribution >= 4 is 0 Å². The van der Waals surface area contributed by atoms with Crippen LogP contribution in [0.15, 0.2) is 0 Å². The van der Waals surface area contributed by atoms with E-state index in [1.165, 1.54) is 38.5 Å². The zero-order valence-corrected chi connectivity index (χ0v) is 10.2. The van der Waals surface area contributed by atoms with Crippen molar-refractivity contribution in [1.29, 1.82) is 0 Å². The molecular formula is C14H26. The van der Waals surface area contributed by atoms with E-state index in [9.17, 15) is 0 Å². The van der Waals surface area contributed by atoms with Crippen LogP contribution in [0.1, 0.15) is 72.1 Å². The molecule has 0 aliphatic carbocycles. The fraction of sp³-hybridized carbons (Fsp3) is 0.857. The van der Waals surface area contributed by atoms with Crippen LogP contribution in [0.3, 0.4) is 0 Å². The minimum absolute atomic E-state index is 0.846. The predicted molar refractivity (Wildman–Crippen MR) is 65.2 cm³/mol. The number of hydrogen-bond acceptors (Lipinski definition) is 0. The van der Waals surface area contributed by atoms with E-state index in [2.05, 4.69) is 32.6 Å². The van der Waals surface area contributed by atoms with E-state index in [1.54, 1.807) is 0 Å². The molecule has 0 aliphatic heterocycles. The highest BCUT2D eigenvalue weighted by Gasteiger charge is 2.01. The van der Waals surface area contributed by atoms with Crippen LogP contribution in [0, 0.1) is 17.8 Å². The summed E-state index contributed by atoms with van der Waals surface area (Å²) in [5, 5.41) is 0. The van der Waals surface area contributed by atoms with Gasteiger partial charge in [-0.05, 0) is 18.8 Å². The lowest BCUT2D eigenvalue weighted by Crippen LogP contribution is -1.95. The Morgan fingerprint density at radius 3 is 2.29 bits per heavy atom.